The van der Waals surface area contributed by atoms with Gasteiger partial charge >= 0.3 is 11.9 Å². The summed E-state index contributed by atoms with van der Waals surface area (Å²) in [4.78, 5) is 36.4. The summed E-state index contributed by atoms with van der Waals surface area (Å²) >= 11 is 0. The van der Waals surface area contributed by atoms with E-state index in [1.807, 2.05) is 6.92 Å². The molecule has 0 saturated heterocycles. The molecule has 3 aromatic carbocycles. The molecule has 33 heavy (non-hydrogen) atoms. The average molecular weight is 467 g/mol. The minimum atomic E-state index is -3.62. The van der Waals surface area contributed by atoms with Gasteiger partial charge in [-0.05, 0) is 55.5 Å². The number of ether oxygens (including phenoxy) is 2. The minimum absolute atomic E-state index is 0.130. The number of carbonyl (C=O) groups is 3. The maximum absolute atomic E-state index is 12.3. The van der Waals surface area contributed by atoms with Gasteiger partial charge in [-0.15, -0.1) is 0 Å². The van der Waals surface area contributed by atoms with Crippen molar-refractivity contribution in [2.75, 3.05) is 12.4 Å². The molecule has 0 aliphatic heterocycles. The summed E-state index contributed by atoms with van der Waals surface area (Å²) in [7, 11) is -3.62. The van der Waals surface area contributed by atoms with Crippen LogP contribution in [0, 0.1) is 6.92 Å². The quantitative estimate of drug-likeness (QED) is 0.268. The van der Waals surface area contributed by atoms with Crippen LogP contribution in [0.1, 0.15) is 32.7 Å². The molecule has 0 amide bonds. The summed E-state index contributed by atoms with van der Waals surface area (Å²) in [5.41, 5.74) is 1.58. The fourth-order valence-corrected chi connectivity index (χ4v) is 4.05. The van der Waals surface area contributed by atoms with Crippen LogP contribution in [0.2, 0.25) is 0 Å². The van der Waals surface area contributed by atoms with Crippen LogP contribution in [0.15, 0.2) is 83.8 Å². The number of esters is 2. The molecule has 0 atom stereocenters. The molecule has 0 bridgehead atoms. The molecule has 0 aliphatic rings. The fourth-order valence-electron chi connectivity index (χ4n) is 2.83. The molecule has 0 heterocycles. The Labute approximate surface area is 191 Å². The second-order valence-corrected chi connectivity index (χ2v) is 9.35. The summed E-state index contributed by atoms with van der Waals surface area (Å²) in [6.07, 6.45) is -0.363. The third-order valence-corrected chi connectivity index (χ3v) is 6.45. The van der Waals surface area contributed by atoms with E-state index in [0.29, 0.717) is 5.56 Å². The Bertz CT molecular complexity index is 1230. The number of benzene rings is 3. The number of Topliss-reactive ketones (excluding diaryl/α,β-unsaturated/α-hetero) is 1. The van der Waals surface area contributed by atoms with Crippen molar-refractivity contribution in [3.8, 4) is 5.75 Å². The topological polar surface area (TPSA) is 104 Å². The maximum atomic E-state index is 12.3. The molecule has 0 aliphatic carbocycles. The molecule has 0 fully saturated rings. The van der Waals surface area contributed by atoms with Gasteiger partial charge in [-0.2, -0.15) is 0 Å². The number of aryl methyl sites for hydroxylation is 1. The highest BCUT2D eigenvalue weighted by molar-refractivity contribution is 7.91. The Morgan fingerprint density at radius 3 is 2.06 bits per heavy atom. The summed E-state index contributed by atoms with van der Waals surface area (Å²) in [5, 5.41) is 0. The summed E-state index contributed by atoms with van der Waals surface area (Å²) in [6, 6.07) is 20.6. The highest BCUT2D eigenvalue weighted by Gasteiger charge is 2.18. The number of sulfone groups is 1. The molecule has 0 N–H and O–H groups in total. The molecule has 7 nitrogen and oxygen atoms in total. The van der Waals surface area contributed by atoms with Gasteiger partial charge in [0.15, 0.2) is 22.2 Å². The second kappa shape index (κ2) is 10.7. The standard InChI is InChI=1S/C25H22O7S/c1-18-7-13-22(14-8-18)33(29,30)16-15-24(27)31-17-23(26)19-9-11-21(12-10-19)32-25(28)20-5-3-2-4-6-20/h2-14H,15-17H2,1H3. The molecule has 8 heteroatoms. The van der Waals surface area contributed by atoms with E-state index in [1.165, 1.54) is 36.4 Å². The third-order valence-electron chi connectivity index (χ3n) is 4.72. The van der Waals surface area contributed by atoms with E-state index in [9.17, 15) is 22.8 Å². The van der Waals surface area contributed by atoms with Crippen molar-refractivity contribution in [2.24, 2.45) is 0 Å². The fraction of sp³-hybridized carbons (Fsp3) is 0.160. The lowest BCUT2D eigenvalue weighted by atomic mass is 10.1. The van der Waals surface area contributed by atoms with Crippen LogP contribution >= 0.6 is 0 Å². The largest absolute Gasteiger partial charge is 0.457 e. The smallest absolute Gasteiger partial charge is 0.343 e. The number of carbonyl (C=O) groups excluding carboxylic acids is 3. The van der Waals surface area contributed by atoms with Crippen LogP contribution in [0.4, 0.5) is 0 Å². The van der Waals surface area contributed by atoms with Gasteiger partial charge in [-0.1, -0.05) is 35.9 Å². The molecule has 0 spiro atoms. The first-order chi connectivity index (χ1) is 15.7. The van der Waals surface area contributed by atoms with Crippen molar-refractivity contribution >= 4 is 27.6 Å². The van der Waals surface area contributed by atoms with E-state index in [-0.39, 0.29) is 22.6 Å². The van der Waals surface area contributed by atoms with Crippen LogP contribution < -0.4 is 4.74 Å². The third kappa shape index (κ3) is 6.85. The Morgan fingerprint density at radius 1 is 0.788 bits per heavy atom. The van der Waals surface area contributed by atoms with Crippen molar-refractivity contribution in [1.82, 2.24) is 0 Å². The molecular formula is C25H22O7S. The van der Waals surface area contributed by atoms with E-state index in [1.54, 1.807) is 42.5 Å². The molecule has 170 valence electrons. The Balaban J connectivity index is 1.47. The second-order valence-electron chi connectivity index (χ2n) is 7.25. The Hall–Kier alpha value is -3.78. The molecule has 3 rings (SSSR count). The normalized spacial score (nSPS) is 10.9. The molecular weight excluding hydrogens is 444 g/mol. The number of hydrogen-bond acceptors (Lipinski definition) is 7. The van der Waals surface area contributed by atoms with Crippen molar-refractivity contribution in [1.29, 1.82) is 0 Å². The predicted molar refractivity (Wildman–Crippen MR) is 121 cm³/mol. The van der Waals surface area contributed by atoms with Crippen LogP contribution in [-0.2, 0) is 19.4 Å². The van der Waals surface area contributed by atoms with Gasteiger partial charge in [0.25, 0.3) is 0 Å². The monoisotopic (exact) mass is 466 g/mol. The van der Waals surface area contributed by atoms with Gasteiger partial charge in [-0.25, -0.2) is 13.2 Å². The van der Waals surface area contributed by atoms with Crippen molar-refractivity contribution in [3.05, 3.63) is 95.6 Å². The Morgan fingerprint density at radius 2 is 1.42 bits per heavy atom. The molecule has 0 radical (unpaired) electrons. The van der Waals surface area contributed by atoms with Gasteiger partial charge in [0.05, 0.1) is 22.6 Å². The number of rotatable bonds is 9. The van der Waals surface area contributed by atoms with Crippen LogP contribution in [0.5, 0.6) is 5.75 Å². The summed E-state index contributed by atoms with van der Waals surface area (Å²) in [5.74, 6) is -1.93. The zero-order valence-electron chi connectivity index (χ0n) is 17.9. The van der Waals surface area contributed by atoms with Gasteiger partial charge in [-0.3, -0.25) is 9.59 Å². The molecule has 0 unspecified atom stereocenters. The summed E-state index contributed by atoms with van der Waals surface area (Å²) in [6.45, 7) is 1.32. The zero-order valence-corrected chi connectivity index (χ0v) is 18.7. The average Bonchev–Trinajstić information content (AvgIpc) is 2.82. The lowest BCUT2D eigenvalue weighted by molar-refractivity contribution is -0.142. The predicted octanol–water partition coefficient (Wildman–Crippen LogP) is 3.80. The zero-order chi connectivity index (χ0) is 23.8. The lowest BCUT2D eigenvalue weighted by Gasteiger charge is -2.07. The Kier molecular flexibility index (Phi) is 7.74. The van der Waals surface area contributed by atoms with Crippen LogP contribution in [-0.4, -0.2) is 38.5 Å². The first kappa shape index (κ1) is 23.9. The first-order valence-corrected chi connectivity index (χ1v) is 11.8. The van der Waals surface area contributed by atoms with Crippen molar-refractivity contribution in [3.63, 3.8) is 0 Å². The van der Waals surface area contributed by atoms with E-state index in [4.69, 9.17) is 9.47 Å². The maximum Gasteiger partial charge on any atom is 0.343 e. The minimum Gasteiger partial charge on any atom is -0.457 e. The van der Waals surface area contributed by atoms with Crippen molar-refractivity contribution in [2.45, 2.75) is 18.2 Å². The highest BCUT2D eigenvalue weighted by atomic mass is 32.2. The first-order valence-electron chi connectivity index (χ1n) is 10.1. The van der Waals surface area contributed by atoms with E-state index in [0.717, 1.165) is 5.56 Å². The van der Waals surface area contributed by atoms with E-state index < -0.39 is 39.9 Å². The molecule has 0 aromatic heterocycles. The van der Waals surface area contributed by atoms with E-state index >= 15 is 0 Å². The van der Waals surface area contributed by atoms with E-state index in [2.05, 4.69) is 0 Å². The van der Waals surface area contributed by atoms with Gasteiger partial charge in [0.2, 0.25) is 0 Å². The molecule has 0 saturated carbocycles. The SMILES string of the molecule is Cc1ccc(S(=O)(=O)CCC(=O)OCC(=O)c2ccc(OC(=O)c3ccccc3)cc2)cc1. The number of hydrogen-bond donors (Lipinski definition) is 0. The summed E-state index contributed by atoms with van der Waals surface area (Å²) < 4.78 is 34.8. The van der Waals surface area contributed by atoms with Gasteiger partial charge < -0.3 is 9.47 Å². The number of ketones is 1. The lowest BCUT2D eigenvalue weighted by Crippen LogP contribution is -2.17. The van der Waals surface area contributed by atoms with Crippen molar-refractivity contribution < 1.29 is 32.3 Å². The van der Waals surface area contributed by atoms with Gasteiger partial charge in [0.1, 0.15) is 5.75 Å². The van der Waals surface area contributed by atoms with Crippen LogP contribution in [0.25, 0.3) is 0 Å². The van der Waals surface area contributed by atoms with Crippen LogP contribution in [0.3, 0.4) is 0 Å². The highest BCUT2D eigenvalue weighted by Crippen LogP contribution is 2.16. The molecule has 3 aromatic rings. The van der Waals surface area contributed by atoms with Gasteiger partial charge in [0, 0.05) is 5.56 Å².